The zero-order chi connectivity index (χ0) is 24.9. The van der Waals surface area contributed by atoms with E-state index >= 15 is 0 Å². The maximum Gasteiger partial charge on any atom is 0.266 e. The number of hydrogen-bond acceptors (Lipinski definition) is 5. The number of carbonyl (C=O) groups excluding carboxylic acids is 1. The highest BCUT2D eigenvalue weighted by Crippen LogP contribution is 2.37. The standard InChI is InChI=1S/C29H31ClN4OS/c1-2-14-32-22-7-9-24(10-8-22)34(29(35)28-27(30)25-5-3-4-6-26(25)36-28)19-23-18-21(13-17-33-23)20-11-15-31-16-12-20/h3-6,11-13,15-18,22,24,32H,2,7-10,14,19H2,1H3. The highest BCUT2D eigenvalue weighted by Gasteiger charge is 2.32. The van der Waals surface area contributed by atoms with Crippen molar-refractivity contribution in [3.05, 3.63) is 82.7 Å². The van der Waals surface area contributed by atoms with Gasteiger partial charge in [0.1, 0.15) is 4.88 Å². The number of fused-ring (bicyclic) bond motifs is 1. The van der Waals surface area contributed by atoms with Crippen molar-refractivity contribution in [3.8, 4) is 11.1 Å². The molecule has 0 atom stereocenters. The Bertz CT molecular complexity index is 1320. The summed E-state index contributed by atoms with van der Waals surface area (Å²) in [5.74, 6) is 0.00211. The molecule has 0 bridgehead atoms. The molecule has 0 spiro atoms. The zero-order valence-corrected chi connectivity index (χ0v) is 22.1. The largest absolute Gasteiger partial charge is 0.329 e. The highest BCUT2D eigenvalue weighted by molar-refractivity contribution is 7.21. The van der Waals surface area contributed by atoms with Crippen LogP contribution in [0.2, 0.25) is 5.02 Å². The molecule has 36 heavy (non-hydrogen) atoms. The number of thiophene rings is 1. The first-order chi connectivity index (χ1) is 17.6. The maximum atomic E-state index is 14.0. The lowest BCUT2D eigenvalue weighted by atomic mass is 9.89. The van der Waals surface area contributed by atoms with Crippen LogP contribution >= 0.6 is 22.9 Å². The fourth-order valence-corrected chi connectivity index (χ4v) is 6.52. The molecule has 3 aromatic heterocycles. The fourth-order valence-electron chi connectivity index (χ4n) is 5.05. The minimum absolute atomic E-state index is 0.00211. The minimum atomic E-state index is 0.00211. The van der Waals surface area contributed by atoms with Crippen LogP contribution in [0.3, 0.4) is 0 Å². The number of nitrogens with one attached hydrogen (secondary N) is 1. The number of hydrogen-bond donors (Lipinski definition) is 1. The second-order valence-corrected chi connectivity index (χ2v) is 10.8. The van der Waals surface area contributed by atoms with Crippen LogP contribution in [0.25, 0.3) is 21.2 Å². The second kappa shape index (κ2) is 11.5. The summed E-state index contributed by atoms with van der Waals surface area (Å²) in [6, 6.07) is 16.7. The first-order valence-electron chi connectivity index (χ1n) is 12.7. The summed E-state index contributed by atoms with van der Waals surface area (Å²) < 4.78 is 1.04. The molecule has 186 valence electrons. The molecule has 1 saturated carbocycles. The summed E-state index contributed by atoms with van der Waals surface area (Å²) in [6.07, 6.45) is 10.6. The Morgan fingerprint density at radius 1 is 1.06 bits per heavy atom. The van der Waals surface area contributed by atoms with Gasteiger partial charge in [0.05, 0.1) is 17.3 Å². The van der Waals surface area contributed by atoms with E-state index in [9.17, 15) is 4.79 Å². The van der Waals surface area contributed by atoms with E-state index in [0.717, 1.165) is 65.6 Å². The summed E-state index contributed by atoms with van der Waals surface area (Å²) >= 11 is 8.24. The second-order valence-electron chi connectivity index (χ2n) is 9.41. The van der Waals surface area contributed by atoms with Gasteiger partial charge in [0.15, 0.2) is 0 Å². The quantitative estimate of drug-likeness (QED) is 0.274. The van der Waals surface area contributed by atoms with Crippen molar-refractivity contribution < 1.29 is 4.79 Å². The van der Waals surface area contributed by atoms with Crippen molar-refractivity contribution in [2.45, 2.75) is 57.7 Å². The molecule has 1 N–H and O–H groups in total. The molecule has 0 radical (unpaired) electrons. The Balaban J connectivity index is 1.43. The van der Waals surface area contributed by atoms with Crippen molar-refractivity contribution >= 4 is 38.9 Å². The Morgan fingerprint density at radius 2 is 1.81 bits per heavy atom. The smallest absolute Gasteiger partial charge is 0.266 e. The highest BCUT2D eigenvalue weighted by atomic mass is 35.5. The third-order valence-electron chi connectivity index (χ3n) is 6.97. The van der Waals surface area contributed by atoms with Crippen LogP contribution in [0.15, 0.2) is 67.1 Å². The van der Waals surface area contributed by atoms with E-state index in [0.29, 0.717) is 22.5 Å². The lowest BCUT2D eigenvalue weighted by molar-refractivity contribution is 0.0601. The van der Waals surface area contributed by atoms with Gasteiger partial charge in [-0.15, -0.1) is 11.3 Å². The van der Waals surface area contributed by atoms with Crippen molar-refractivity contribution in [1.82, 2.24) is 20.2 Å². The van der Waals surface area contributed by atoms with Crippen LogP contribution in [-0.4, -0.2) is 39.4 Å². The van der Waals surface area contributed by atoms with E-state index in [-0.39, 0.29) is 11.9 Å². The zero-order valence-electron chi connectivity index (χ0n) is 20.5. The molecule has 1 aromatic carbocycles. The van der Waals surface area contributed by atoms with E-state index in [1.54, 1.807) is 12.4 Å². The molecule has 1 aliphatic rings. The van der Waals surface area contributed by atoms with Gasteiger partial charge in [0.25, 0.3) is 5.91 Å². The molecule has 4 aromatic rings. The fraction of sp³-hybridized carbons (Fsp3) is 0.345. The number of pyridine rings is 2. The first-order valence-corrected chi connectivity index (χ1v) is 13.9. The predicted molar refractivity (Wildman–Crippen MR) is 149 cm³/mol. The topological polar surface area (TPSA) is 58.1 Å². The van der Waals surface area contributed by atoms with Gasteiger partial charge >= 0.3 is 0 Å². The van der Waals surface area contributed by atoms with Crippen LogP contribution < -0.4 is 5.32 Å². The van der Waals surface area contributed by atoms with Crippen LogP contribution in [0, 0.1) is 0 Å². The van der Waals surface area contributed by atoms with Crippen LogP contribution in [-0.2, 0) is 6.54 Å². The summed E-state index contributed by atoms with van der Waals surface area (Å²) in [5, 5.41) is 5.15. The molecule has 0 saturated heterocycles. The van der Waals surface area contributed by atoms with Crippen LogP contribution in [0.4, 0.5) is 0 Å². The van der Waals surface area contributed by atoms with Gasteiger partial charge in [0, 0.05) is 40.8 Å². The van der Waals surface area contributed by atoms with E-state index in [2.05, 4.69) is 28.3 Å². The van der Waals surface area contributed by atoms with Crippen molar-refractivity contribution in [3.63, 3.8) is 0 Å². The van der Waals surface area contributed by atoms with Crippen molar-refractivity contribution in [1.29, 1.82) is 0 Å². The summed E-state index contributed by atoms with van der Waals surface area (Å²) in [6.45, 7) is 3.70. The molecule has 5 rings (SSSR count). The van der Waals surface area contributed by atoms with Gasteiger partial charge in [0.2, 0.25) is 0 Å². The lowest BCUT2D eigenvalue weighted by Gasteiger charge is -2.37. The normalized spacial score (nSPS) is 17.8. The molecule has 1 amide bonds. The molecule has 5 nitrogen and oxygen atoms in total. The van der Waals surface area contributed by atoms with Crippen LogP contribution in [0.5, 0.6) is 0 Å². The van der Waals surface area contributed by atoms with E-state index < -0.39 is 0 Å². The Labute approximate surface area is 221 Å². The molecular formula is C29H31ClN4OS. The summed E-state index contributed by atoms with van der Waals surface area (Å²) in [5.41, 5.74) is 3.03. The Kier molecular flexibility index (Phi) is 7.95. The van der Waals surface area contributed by atoms with Crippen LogP contribution in [0.1, 0.15) is 54.4 Å². The number of aromatic nitrogens is 2. The monoisotopic (exact) mass is 518 g/mol. The number of rotatable bonds is 8. The Hall–Kier alpha value is -2.80. The molecule has 0 aliphatic heterocycles. The SMILES string of the molecule is CCCNC1CCC(N(Cc2cc(-c3ccncc3)ccn2)C(=O)c2sc3ccccc3c2Cl)CC1. The number of benzene rings is 1. The Morgan fingerprint density at radius 3 is 2.56 bits per heavy atom. The van der Waals surface area contributed by atoms with E-state index in [4.69, 9.17) is 11.6 Å². The van der Waals surface area contributed by atoms with Gasteiger partial charge in [-0.25, -0.2) is 0 Å². The van der Waals surface area contributed by atoms with Crippen molar-refractivity contribution in [2.75, 3.05) is 6.54 Å². The van der Waals surface area contributed by atoms with Gasteiger partial charge < -0.3 is 10.2 Å². The van der Waals surface area contributed by atoms with Gasteiger partial charge in [-0.2, -0.15) is 0 Å². The average molecular weight is 519 g/mol. The molecule has 3 heterocycles. The minimum Gasteiger partial charge on any atom is -0.329 e. The maximum absolute atomic E-state index is 14.0. The van der Waals surface area contributed by atoms with E-state index in [1.165, 1.54) is 11.3 Å². The number of nitrogens with zero attached hydrogens (tertiary/aromatic N) is 3. The third-order valence-corrected chi connectivity index (χ3v) is 8.64. The van der Waals surface area contributed by atoms with Gasteiger partial charge in [-0.05, 0) is 80.1 Å². The molecule has 0 unspecified atom stereocenters. The lowest BCUT2D eigenvalue weighted by Crippen LogP contribution is -2.45. The number of amides is 1. The van der Waals surface area contributed by atoms with Gasteiger partial charge in [-0.3, -0.25) is 14.8 Å². The van der Waals surface area contributed by atoms with Gasteiger partial charge in [-0.1, -0.05) is 36.7 Å². The predicted octanol–water partition coefficient (Wildman–Crippen LogP) is 6.96. The first kappa shape index (κ1) is 24.9. The molecular weight excluding hydrogens is 488 g/mol. The molecule has 1 aliphatic carbocycles. The summed E-state index contributed by atoms with van der Waals surface area (Å²) in [7, 11) is 0. The number of halogens is 1. The number of carbonyl (C=O) groups is 1. The van der Waals surface area contributed by atoms with Crippen molar-refractivity contribution in [2.24, 2.45) is 0 Å². The molecule has 7 heteroatoms. The third kappa shape index (κ3) is 5.46. The summed E-state index contributed by atoms with van der Waals surface area (Å²) in [4.78, 5) is 25.5. The molecule has 1 fully saturated rings. The average Bonchev–Trinajstić information content (AvgIpc) is 3.27. The van der Waals surface area contributed by atoms with E-state index in [1.807, 2.05) is 53.6 Å².